The molecule has 3 N–H and O–H groups in total. The van der Waals surface area contributed by atoms with Crippen molar-refractivity contribution < 1.29 is 4.79 Å². The van der Waals surface area contributed by atoms with Crippen LogP contribution in [0.2, 0.25) is 0 Å². The molecule has 1 amide bonds. The van der Waals surface area contributed by atoms with Crippen LogP contribution in [0.4, 0.5) is 5.69 Å². The van der Waals surface area contributed by atoms with Crippen molar-refractivity contribution in [3.05, 3.63) is 29.3 Å². The number of aryl methyl sites for hydroxylation is 2. The first-order valence-corrected chi connectivity index (χ1v) is 7.25. The Kier molecular flexibility index (Phi) is 4.59. The molecule has 3 nitrogen and oxygen atoms in total. The quantitative estimate of drug-likeness (QED) is 0.874. The molecule has 0 aliphatic heterocycles. The predicted molar refractivity (Wildman–Crippen MR) is 79.1 cm³/mol. The van der Waals surface area contributed by atoms with E-state index < -0.39 is 0 Å². The number of rotatable bonds is 4. The van der Waals surface area contributed by atoms with E-state index in [2.05, 4.69) is 18.3 Å². The number of amides is 1. The van der Waals surface area contributed by atoms with Crippen molar-refractivity contribution in [2.24, 2.45) is 11.7 Å². The second kappa shape index (κ2) is 6.20. The molecular weight excluding hydrogens is 236 g/mol. The first kappa shape index (κ1) is 14.1. The third kappa shape index (κ3) is 3.35. The van der Waals surface area contributed by atoms with E-state index in [0.29, 0.717) is 12.3 Å². The van der Waals surface area contributed by atoms with Gasteiger partial charge in [-0.1, -0.05) is 31.5 Å². The normalized spacial score (nSPS) is 22.5. The van der Waals surface area contributed by atoms with Gasteiger partial charge in [0.2, 0.25) is 5.91 Å². The van der Waals surface area contributed by atoms with Gasteiger partial charge in [-0.15, -0.1) is 0 Å². The van der Waals surface area contributed by atoms with Crippen molar-refractivity contribution in [2.45, 2.75) is 52.0 Å². The maximum Gasteiger partial charge on any atom is 0.224 e. The maximum atomic E-state index is 12.2. The van der Waals surface area contributed by atoms with Gasteiger partial charge in [0.1, 0.15) is 0 Å². The third-order valence-electron chi connectivity index (χ3n) is 4.17. The Bertz CT molecular complexity index is 456. The predicted octanol–water partition coefficient (Wildman–Crippen LogP) is 3.01. The van der Waals surface area contributed by atoms with Crippen LogP contribution in [-0.2, 0) is 11.2 Å². The molecule has 2 atom stereocenters. The zero-order chi connectivity index (χ0) is 13.8. The standard InChI is InChI=1S/C16H24N2O/c1-3-12-7-4-6-11(2)16(12)18-15(19)10-13-8-5-9-14(13)17/h4,6-7,13-14H,3,5,8-10,17H2,1-2H3,(H,18,19)/t13-,14+/m0/s1. The number of carbonyl (C=O) groups is 1. The van der Waals surface area contributed by atoms with Crippen molar-refractivity contribution in [3.8, 4) is 0 Å². The number of nitrogens with one attached hydrogen (secondary N) is 1. The van der Waals surface area contributed by atoms with Crippen LogP contribution in [0, 0.1) is 12.8 Å². The second-order valence-electron chi connectivity index (χ2n) is 5.57. The van der Waals surface area contributed by atoms with Crippen molar-refractivity contribution in [1.82, 2.24) is 0 Å². The highest BCUT2D eigenvalue weighted by Crippen LogP contribution is 2.28. The van der Waals surface area contributed by atoms with E-state index in [1.54, 1.807) is 0 Å². The summed E-state index contributed by atoms with van der Waals surface area (Å²) in [7, 11) is 0. The average molecular weight is 260 g/mol. The third-order valence-corrected chi connectivity index (χ3v) is 4.17. The fourth-order valence-electron chi connectivity index (χ4n) is 2.95. The molecule has 0 saturated heterocycles. The highest BCUT2D eigenvalue weighted by atomic mass is 16.1. The lowest BCUT2D eigenvalue weighted by Gasteiger charge is -2.17. The number of hydrogen-bond acceptors (Lipinski definition) is 2. The van der Waals surface area contributed by atoms with Gasteiger partial charge in [-0.2, -0.15) is 0 Å². The van der Waals surface area contributed by atoms with Crippen LogP contribution >= 0.6 is 0 Å². The Morgan fingerprint density at radius 3 is 2.84 bits per heavy atom. The molecule has 1 aromatic rings. The fourth-order valence-corrected chi connectivity index (χ4v) is 2.95. The number of hydrogen-bond donors (Lipinski definition) is 2. The lowest BCUT2D eigenvalue weighted by Crippen LogP contribution is -2.28. The Morgan fingerprint density at radius 1 is 1.42 bits per heavy atom. The summed E-state index contributed by atoms with van der Waals surface area (Å²) in [6.45, 7) is 4.15. The summed E-state index contributed by atoms with van der Waals surface area (Å²) in [5.74, 6) is 0.459. The number of carbonyl (C=O) groups excluding carboxylic acids is 1. The van der Waals surface area contributed by atoms with Gasteiger partial charge in [0.15, 0.2) is 0 Å². The van der Waals surface area contributed by atoms with E-state index >= 15 is 0 Å². The largest absolute Gasteiger partial charge is 0.327 e. The molecule has 0 unspecified atom stereocenters. The zero-order valence-corrected chi connectivity index (χ0v) is 11.9. The van der Waals surface area contributed by atoms with E-state index in [-0.39, 0.29) is 11.9 Å². The summed E-state index contributed by atoms with van der Waals surface area (Å²) >= 11 is 0. The van der Waals surface area contributed by atoms with Crippen LogP contribution in [-0.4, -0.2) is 11.9 Å². The second-order valence-corrected chi connectivity index (χ2v) is 5.57. The summed E-state index contributed by atoms with van der Waals surface area (Å²) in [5, 5.41) is 3.08. The van der Waals surface area contributed by atoms with E-state index in [0.717, 1.165) is 36.9 Å². The molecule has 0 heterocycles. The average Bonchev–Trinajstić information content (AvgIpc) is 2.77. The highest BCUT2D eigenvalue weighted by Gasteiger charge is 2.26. The van der Waals surface area contributed by atoms with Gasteiger partial charge in [0.25, 0.3) is 0 Å². The first-order chi connectivity index (χ1) is 9.11. The topological polar surface area (TPSA) is 55.1 Å². The molecule has 104 valence electrons. The highest BCUT2D eigenvalue weighted by molar-refractivity contribution is 5.92. The van der Waals surface area contributed by atoms with Crippen LogP contribution in [0.25, 0.3) is 0 Å². The Labute approximate surface area is 115 Å². The molecule has 0 radical (unpaired) electrons. The van der Waals surface area contributed by atoms with Gasteiger partial charge in [0.05, 0.1) is 0 Å². The molecule has 19 heavy (non-hydrogen) atoms. The minimum absolute atomic E-state index is 0.103. The van der Waals surface area contributed by atoms with Crippen molar-refractivity contribution >= 4 is 11.6 Å². The smallest absolute Gasteiger partial charge is 0.224 e. The Hall–Kier alpha value is -1.35. The molecule has 3 heteroatoms. The molecule has 1 saturated carbocycles. The summed E-state index contributed by atoms with van der Waals surface area (Å²) in [6.07, 6.45) is 4.79. The minimum atomic E-state index is 0.103. The SMILES string of the molecule is CCc1cccc(C)c1NC(=O)C[C@@H]1CCC[C@H]1N. The summed E-state index contributed by atoms with van der Waals surface area (Å²) < 4.78 is 0. The molecule has 1 aromatic carbocycles. The monoisotopic (exact) mass is 260 g/mol. The van der Waals surface area contributed by atoms with E-state index in [4.69, 9.17) is 5.73 Å². The summed E-state index contributed by atoms with van der Waals surface area (Å²) in [4.78, 5) is 12.2. The lowest BCUT2D eigenvalue weighted by atomic mass is 9.99. The van der Waals surface area contributed by atoms with E-state index in [1.165, 1.54) is 5.56 Å². The van der Waals surface area contributed by atoms with E-state index in [9.17, 15) is 4.79 Å². The molecule has 2 rings (SSSR count). The van der Waals surface area contributed by atoms with Crippen molar-refractivity contribution in [1.29, 1.82) is 0 Å². The van der Waals surface area contributed by atoms with Crippen LogP contribution < -0.4 is 11.1 Å². The van der Waals surface area contributed by atoms with Gasteiger partial charge in [-0.05, 0) is 43.2 Å². The zero-order valence-electron chi connectivity index (χ0n) is 11.9. The van der Waals surface area contributed by atoms with Gasteiger partial charge < -0.3 is 11.1 Å². The summed E-state index contributed by atoms with van der Waals surface area (Å²) in [6, 6.07) is 6.35. The van der Waals surface area contributed by atoms with Crippen molar-refractivity contribution in [2.75, 3.05) is 5.32 Å². The van der Waals surface area contributed by atoms with Crippen LogP contribution in [0.3, 0.4) is 0 Å². The van der Waals surface area contributed by atoms with E-state index in [1.807, 2.05) is 19.1 Å². The van der Waals surface area contributed by atoms with Crippen LogP contribution in [0.1, 0.15) is 43.7 Å². The first-order valence-electron chi connectivity index (χ1n) is 7.25. The number of nitrogens with two attached hydrogens (primary N) is 1. The maximum absolute atomic E-state index is 12.2. The van der Waals surface area contributed by atoms with Crippen molar-refractivity contribution in [3.63, 3.8) is 0 Å². The van der Waals surface area contributed by atoms with Gasteiger partial charge >= 0.3 is 0 Å². The van der Waals surface area contributed by atoms with Crippen LogP contribution in [0.15, 0.2) is 18.2 Å². The minimum Gasteiger partial charge on any atom is -0.327 e. The molecule has 0 aromatic heterocycles. The molecule has 1 aliphatic carbocycles. The fraction of sp³-hybridized carbons (Fsp3) is 0.562. The Morgan fingerprint density at radius 2 is 2.21 bits per heavy atom. The summed E-state index contributed by atoms with van der Waals surface area (Å²) in [5.41, 5.74) is 9.34. The van der Waals surface area contributed by atoms with Crippen LogP contribution in [0.5, 0.6) is 0 Å². The molecular formula is C16H24N2O. The molecule has 1 fully saturated rings. The molecule has 0 bridgehead atoms. The molecule has 0 spiro atoms. The number of para-hydroxylation sites is 1. The van der Waals surface area contributed by atoms with Gasteiger partial charge in [0, 0.05) is 18.2 Å². The number of benzene rings is 1. The Balaban J connectivity index is 2.02. The number of anilines is 1. The molecule has 1 aliphatic rings. The van der Waals surface area contributed by atoms with Gasteiger partial charge in [-0.25, -0.2) is 0 Å². The lowest BCUT2D eigenvalue weighted by molar-refractivity contribution is -0.117. The van der Waals surface area contributed by atoms with Gasteiger partial charge in [-0.3, -0.25) is 4.79 Å².